The summed E-state index contributed by atoms with van der Waals surface area (Å²) < 4.78 is 16.3. The lowest BCUT2D eigenvalue weighted by atomic mass is 10.2. The molecule has 0 saturated heterocycles. The summed E-state index contributed by atoms with van der Waals surface area (Å²) in [6.45, 7) is 4.16. The van der Waals surface area contributed by atoms with Crippen LogP contribution in [0.5, 0.6) is 0 Å². The molecule has 2 aromatic heterocycles. The van der Waals surface area contributed by atoms with Crippen molar-refractivity contribution in [1.29, 1.82) is 0 Å². The summed E-state index contributed by atoms with van der Waals surface area (Å²) in [5, 5.41) is 11.3. The third kappa shape index (κ3) is 3.19. The summed E-state index contributed by atoms with van der Waals surface area (Å²) in [6, 6.07) is 6.24. The van der Waals surface area contributed by atoms with Crippen LogP contribution in [0, 0.1) is 19.7 Å². The van der Waals surface area contributed by atoms with E-state index in [0.717, 1.165) is 11.3 Å². The number of aromatic nitrogens is 4. The molecular weight excluding hydrogens is 309 g/mol. The number of carbonyl (C=O) groups is 1. The number of carbonyl (C=O) groups excluding carboxylic acids is 1. The number of hydrogen-bond donors (Lipinski definition) is 1. The quantitative estimate of drug-likeness (QED) is 0.801. The van der Waals surface area contributed by atoms with Crippen LogP contribution in [0.4, 0.5) is 10.1 Å². The molecule has 1 N–H and O–H groups in total. The maximum absolute atomic E-state index is 12.9. The van der Waals surface area contributed by atoms with Crippen molar-refractivity contribution in [1.82, 2.24) is 19.6 Å². The lowest BCUT2D eigenvalue weighted by Gasteiger charge is -2.03. The SMILES string of the molecule is Cc1nn(C)c(C)c1C(=O)Nc1cnn(Cc2ccc(F)cc2)c1. The molecule has 0 unspecified atom stereocenters. The standard InChI is InChI=1S/C17H18FN5O/c1-11-16(12(2)22(3)21-11)17(24)20-15-8-19-23(10-15)9-13-4-6-14(18)7-5-13/h4-8,10H,9H2,1-3H3,(H,20,24). The van der Waals surface area contributed by atoms with Crippen molar-refractivity contribution in [2.45, 2.75) is 20.4 Å². The second-order valence-corrected chi connectivity index (χ2v) is 5.68. The minimum Gasteiger partial charge on any atom is -0.319 e. The number of anilines is 1. The van der Waals surface area contributed by atoms with E-state index in [2.05, 4.69) is 15.5 Å². The summed E-state index contributed by atoms with van der Waals surface area (Å²) in [4.78, 5) is 12.4. The zero-order valence-corrected chi connectivity index (χ0v) is 13.7. The molecule has 0 spiro atoms. The van der Waals surface area contributed by atoms with Gasteiger partial charge in [0, 0.05) is 18.9 Å². The van der Waals surface area contributed by atoms with Gasteiger partial charge in [0.15, 0.2) is 0 Å². The van der Waals surface area contributed by atoms with E-state index in [1.165, 1.54) is 12.1 Å². The fourth-order valence-corrected chi connectivity index (χ4v) is 2.59. The van der Waals surface area contributed by atoms with Gasteiger partial charge in [-0.15, -0.1) is 0 Å². The van der Waals surface area contributed by atoms with Gasteiger partial charge in [0.1, 0.15) is 5.82 Å². The molecule has 0 atom stereocenters. The van der Waals surface area contributed by atoms with E-state index in [0.29, 0.717) is 23.5 Å². The molecule has 0 aliphatic carbocycles. The third-order valence-corrected chi connectivity index (χ3v) is 3.89. The number of amides is 1. The van der Waals surface area contributed by atoms with Crippen LogP contribution in [0.2, 0.25) is 0 Å². The lowest BCUT2D eigenvalue weighted by Crippen LogP contribution is -2.13. The van der Waals surface area contributed by atoms with Crippen LogP contribution < -0.4 is 5.32 Å². The molecule has 1 amide bonds. The molecule has 2 heterocycles. The van der Waals surface area contributed by atoms with Gasteiger partial charge < -0.3 is 5.32 Å². The van der Waals surface area contributed by atoms with Crippen molar-refractivity contribution in [2.75, 3.05) is 5.32 Å². The Balaban J connectivity index is 1.71. The molecule has 24 heavy (non-hydrogen) atoms. The zero-order chi connectivity index (χ0) is 17.3. The van der Waals surface area contributed by atoms with E-state index in [1.807, 2.05) is 6.92 Å². The van der Waals surface area contributed by atoms with E-state index in [9.17, 15) is 9.18 Å². The molecule has 0 saturated carbocycles. The van der Waals surface area contributed by atoms with E-state index < -0.39 is 0 Å². The first-order valence-corrected chi connectivity index (χ1v) is 7.52. The predicted octanol–water partition coefficient (Wildman–Crippen LogP) is 2.67. The molecule has 7 heteroatoms. The summed E-state index contributed by atoms with van der Waals surface area (Å²) in [5.74, 6) is -0.478. The molecule has 124 valence electrons. The number of nitrogens with one attached hydrogen (secondary N) is 1. The molecule has 0 aliphatic heterocycles. The highest BCUT2D eigenvalue weighted by Gasteiger charge is 2.17. The Kier molecular flexibility index (Phi) is 4.16. The number of aryl methyl sites for hydroxylation is 2. The van der Waals surface area contributed by atoms with Crippen LogP contribution in [0.3, 0.4) is 0 Å². The van der Waals surface area contributed by atoms with Gasteiger partial charge in [-0.3, -0.25) is 14.2 Å². The maximum Gasteiger partial charge on any atom is 0.259 e. The third-order valence-electron chi connectivity index (χ3n) is 3.89. The monoisotopic (exact) mass is 327 g/mol. The maximum atomic E-state index is 12.9. The molecule has 0 aliphatic rings. The van der Waals surface area contributed by atoms with Crippen LogP contribution in [0.1, 0.15) is 27.3 Å². The molecule has 0 fully saturated rings. The van der Waals surface area contributed by atoms with Crippen molar-refractivity contribution in [3.05, 3.63) is 65.0 Å². The van der Waals surface area contributed by atoms with Gasteiger partial charge in [-0.2, -0.15) is 10.2 Å². The van der Waals surface area contributed by atoms with E-state index in [1.54, 1.807) is 47.9 Å². The van der Waals surface area contributed by atoms with Crippen LogP contribution >= 0.6 is 0 Å². The van der Waals surface area contributed by atoms with Crippen LogP contribution in [0.25, 0.3) is 0 Å². The van der Waals surface area contributed by atoms with E-state index >= 15 is 0 Å². The average molecular weight is 327 g/mol. The van der Waals surface area contributed by atoms with Gasteiger partial charge in [-0.1, -0.05) is 12.1 Å². The summed E-state index contributed by atoms with van der Waals surface area (Å²) >= 11 is 0. The molecule has 6 nitrogen and oxygen atoms in total. The first-order chi connectivity index (χ1) is 11.4. The molecule has 1 aromatic carbocycles. The molecule has 3 rings (SSSR count). The van der Waals surface area contributed by atoms with Gasteiger partial charge in [0.2, 0.25) is 0 Å². The number of halogens is 1. The minimum atomic E-state index is -0.269. The predicted molar refractivity (Wildman–Crippen MR) is 88.4 cm³/mol. The number of rotatable bonds is 4. The second-order valence-electron chi connectivity index (χ2n) is 5.68. The highest BCUT2D eigenvalue weighted by atomic mass is 19.1. The Morgan fingerprint density at radius 3 is 2.58 bits per heavy atom. The minimum absolute atomic E-state index is 0.209. The Morgan fingerprint density at radius 2 is 1.96 bits per heavy atom. The van der Waals surface area contributed by atoms with Crippen molar-refractivity contribution >= 4 is 11.6 Å². The smallest absolute Gasteiger partial charge is 0.259 e. The average Bonchev–Trinajstić information content (AvgIpc) is 3.06. The highest BCUT2D eigenvalue weighted by Crippen LogP contribution is 2.15. The number of hydrogen-bond acceptors (Lipinski definition) is 3. The largest absolute Gasteiger partial charge is 0.319 e. The summed E-state index contributed by atoms with van der Waals surface area (Å²) in [6.07, 6.45) is 3.32. The normalized spacial score (nSPS) is 10.8. The Morgan fingerprint density at radius 1 is 1.25 bits per heavy atom. The van der Waals surface area contributed by atoms with Crippen molar-refractivity contribution < 1.29 is 9.18 Å². The van der Waals surface area contributed by atoms with Crippen molar-refractivity contribution in [2.24, 2.45) is 7.05 Å². The van der Waals surface area contributed by atoms with Crippen LogP contribution in [0.15, 0.2) is 36.7 Å². The number of nitrogens with zero attached hydrogens (tertiary/aromatic N) is 4. The molecular formula is C17H18FN5O. The van der Waals surface area contributed by atoms with E-state index in [-0.39, 0.29) is 11.7 Å². The fraction of sp³-hybridized carbons (Fsp3) is 0.235. The van der Waals surface area contributed by atoms with Crippen molar-refractivity contribution in [3.8, 4) is 0 Å². The van der Waals surface area contributed by atoms with Gasteiger partial charge in [-0.25, -0.2) is 4.39 Å². The van der Waals surface area contributed by atoms with Crippen LogP contribution in [-0.4, -0.2) is 25.5 Å². The Hall–Kier alpha value is -2.96. The van der Waals surface area contributed by atoms with E-state index in [4.69, 9.17) is 0 Å². The molecule has 0 radical (unpaired) electrons. The first-order valence-electron chi connectivity index (χ1n) is 7.52. The van der Waals surface area contributed by atoms with Gasteiger partial charge in [0.05, 0.1) is 29.7 Å². The number of benzene rings is 1. The Labute approximate surface area is 138 Å². The highest BCUT2D eigenvalue weighted by molar-refractivity contribution is 6.05. The van der Waals surface area contributed by atoms with Gasteiger partial charge in [0.25, 0.3) is 5.91 Å². The summed E-state index contributed by atoms with van der Waals surface area (Å²) in [7, 11) is 1.81. The topological polar surface area (TPSA) is 64.7 Å². The second kappa shape index (κ2) is 6.27. The summed E-state index contributed by atoms with van der Waals surface area (Å²) in [5.41, 5.74) is 3.60. The van der Waals surface area contributed by atoms with Crippen molar-refractivity contribution in [3.63, 3.8) is 0 Å². The first kappa shape index (κ1) is 15.9. The Bertz CT molecular complexity index is 879. The lowest BCUT2D eigenvalue weighted by molar-refractivity contribution is 0.102. The van der Waals surface area contributed by atoms with Gasteiger partial charge in [-0.05, 0) is 31.5 Å². The van der Waals surface area contributed by atoms with Crippen LogP contribution in [-0.2, 0) is 13.6 Å². The zero-order valence-electron chi connectivity index (χ0n) is 13.7. The molecule has 0 bridgehead atoms. The fourth-order valence-electron chi connectivity index (χ4n) is 2.59. The van der Waals surface area contributed by atoms with Gasteiger partial charge >= 0.3 is 0 Å². The molecule has 3 aromatic rings.